The monoisotopic (exact) mass is 227 g/mol. The summed E-state index contributed by atoms with van der Waals surface area (Å²) in [6.07, 6.45) is 1.04. The van der Waals surface area contributed by atoms with Crippen molar-refractivity contribution in [1.82, 2.24) is 5.32 Å². The molecule has 15 heavy (non-hydrogen) atoms. The van der Waals surface area contributed by atoms with Gasteiger partial charge in [0.15, 0.2) is 21.0 Å². The molecule has 0 spiro atoms. The lowest BCUT2D eigenvalue weighted by molar-refractivity contribution is 0.0978. The number of hydrogen-bond acceptors (Lipinski definition) is 4. The predicted molar refractivity (Wildman–Crippen MR) is 58.5 cm³/mol. The summed E-state index contributed by atoms with van der Waals surface area (Å²) in [5.74, 6) is -0.430. The van der Waals surface area contributed by atoms with Gasteiger partial charge in [0.1, 0.15) is 0 Å². The molecule has 0 radical (unpaired) electrons. The van der Waals surface area contributed by atoms with E-state index < -0.39 is 21.0 Å². The molecule has 1 atom stereocenters. The van der Waals surface area contributed by atoms with Crippen molar-refractivity contribution in [2.24, 2.45) is 0 Å². The van der Waals surface area contributed by atoms with Crippen LogP contribution in [-0.4, -0.2) is 32.9 Å². The average molecular weight is 227 g/mol. The Hall–Kier alpha value is -1.20. The number of ketones is 1. The first-order valence-corrected chi connectivity index (χ1v) is 6.37. The second-order valence-electron chi connectivity index (χ2n) is 3.23. The average Bonchev–Trinajstić information content (AvgIpc) is 2.18. The predicted octanol–water partition coefficient (Wildman–Crippen LogP) is 0.459. The lowest BCUT2D eigenvalue weighted by Gasteiger charge is -2.12. The Bertz CT molecular complexity index is 439. The zero-order valence-corrected chi connectivity index (χ0v) is 9.41. The van der Waals surface area contributed by atoms with Crippen LogP contribution in [0.2, 0.25) is 0 Å². The van der Waals surface area contributed by atoms with Crippen LogP contribution in [0.5, 0.6) is 0 Å². The molecule has 0 aliphatic rings. The lowest BCUT2D eigenvalue weighted by atomic mass is 10.1. The number of carbonyl (C=O) groups excluding carboxylic acids is 1. The highest BCUT2D eigenvalue weighted by Gasteiger charge is 2.27. The Morgan fingerprint density at radius 2 is 1.80 bits per heavy atom. The molecule has 4 nitrogen and oxygen atoms in total. The van der Waals surface area contributed by atoms with Gasteiger partial charge in [0.2, 0.25) is 0 Å². The Morgan fingerprint density at radius 1 is 1.27 bits per heavy atom. The van der Waals surface area contributed by atoms with E-state index in [4.69, 9.17) is 0 Å². The Morgan fingerprint density at radius 3 is 2.20 bits per heavy atom. The molecule has 82 valence electrons. The molecule has 0 bridgehead atoms. The number of carbonyl (C=O) groups is 1. The Labute approximate surface area is 89.2 Å². The third-order valence-corrected chi connectivity index (χ3v) is 3.29. The van der Waals surface area contributed by atoms with Crippen LogP contribution >= 0.6 is 0 Å². The summed E-state index contributed by atoms with van der Waals surface area (Å²) in [5.41, 5.74) is 0.391. The summed E-state index contributed by atoms with van der Waals surface area (Å²) in [5, 5.41) is 1.34. The van der Waals surface area contributed by atoms with Crippen LogP contribution in [0.1, 0.15) is 10.4 Å². The molecule has 0 fully saturated rings. The maximum atomic E-state index is 11.8. The minimum atomic E-state index is -3.42. The van der Waals surface area contributed by atoms with E-state index in [1.807, 2.05) is 0 Å². The van der Waals surface area contributed by atoms with Crippen molar-refractivity contribution in [1.29, 1.82) is 0 Å². The van der Waals surface area contributed by atoms with Gasteiger partial charge in [0, 0.05) is 11.8 Å². The minimum Gasteiger partial charge on any atom is -0.298 e. The van der Waals surface area contributed by atoms with Crippen LogP contribution in [0, 0.1) is 0 Å². The number of likely N-dealkylation sites (N-methyl/N-ethyl adjacent to an activating group) is 1. The van der Waals surface area contributed by atoms with Crippen molar-refractivity contribution >= 4 is 15.6 Å². The number of benzene rings is 1. The molecule has 0 aromatic heterocycles. The SMILES string of the molecule is CNC(C(=O)c1ccccc1)S(C)(=O)=O. The lowest BCUT2D eigenvalue weighted by Crippen LogP contribution is -2.40. The quantitative estimate of drug-likeness (QED) is 0.759. The van der Waals surface area contributed by atoms with Crippen LogP contribution < -0.4 is 5.32 Å². The van der Waals surface area contributed by atoms with Gasteiger partial charge in [-0.15, -0.1) is 0 Å². The number of Topliss-reactive ketones (excluding diaryl/α,β-unsaturated/α-hetero) is 1. The minimum absolute atomic E-state index is 0.391. The van der Waals surface area contributed by atoms with Crippen molar-refractivity contribution in [2.75, 3.05) is 13.3 Å². The summed E-state index contributed by atoms with van der Waals surface area (Å²) < 4.78 is 22.6. The van der Waals surface area contributed by atoms with Gasteiger partial charge in [-0.2, -0.15) is 0 Å². The van der Waals surface area contributed by atoms with Gasteiger partial charge in [-0.25, -0.2) is 8.42 Å². The zero-order chi connectivity index (χ0) is 11.5. The van der Waals surface area contributed by atoms with Gasteiger partial charge in [-0.3, -0.25) is 10.1 Å². The smallest absolute Gasteiger partial charge is 0.195 e. The van der Waals surface area contributed by atoms with E-state index >= 15 is 0 Å². The topological polar surface area (TPSA) is 63.2 Å². The molecular formula is C10H13NO3S. The van der Waals surface area contributed by atoms with Crippen LogP contribution in [0.3, 0.4) is 0 Å². The maximum Gasteiger partial charge on any atom is 0.195 e. The van der Waals surface area contributed by atoms with Crippen molar-refractivity contribution in [2.45, 2.75) is 5.37 Å². The standard InChI is InChI=1S/C10H13NO3S/c1-11-10(15(2,13)14)9(12)8-6-4-3-5-7-8/h3-7,10-11H,1-2H3. The fourth-order valence-electron chi connectivity index (χ4n) is 1.29. The van der Waals surface area contributed by atoms with E-state index in [0.29, 0.717) is 5.56 Å². The highest BCUT2D eigenvalue weighted by molar-refractivity contribution is 7.92. The molecule has 0 heterocycles. The molecular weight excluding hydrogens is 214 g/mol. The summed E-state index contributed by atoms with van der Waals surface area (Å²) >= 11 is 0. The van der Waals surface area contributed by atoms with E-state index in [-0.39, 0.29) is 0 Å². The zero-order valence-electron chi connectivity index (χ0n) is 8.60. The van der Waals surface area contributed by atoms with E-state index in [1.165, 1.54) is 7.05 Å². The fraction of sp³-hybridized carbons (Fsp3) is 0.300. The molecule has 0 aliphatic heterocycles. The van der Waals surface area contributed by atoms with E-state index in [1.54, 1.807) is 30.3 Å². The first-order chi connectivity index (χ1) is 6.96. The van der Waals surface area contributed by atoms with Gasteiger partial charge in [-0.1, -0.05) is 30.3 Å². The highest BCUT2D eigenvalue weighted by atomic mass is 32.2. The molecule has 0 amide bonds. The van der Waals surface area contributed by atoms with Crippen LogP contribution in [0.4, 0.5) is 0 Å². The molecule has 1 rings (SSSR count). The first kappa shape index (κ1) is 11.9. The first-order valence-electron chi connectivity index (χ1n) is 4.42. The van der Waals surface area contributed by atoms with E-state index in [2.05, 4.69) is 5.32 Å². The molecule has 1 N–H and O–H groups in total. The Balaban J connectivity index is 3.04. The number of sulfone groups is 1. The van der Waals surface area contributed by atoms with E-state index in [0.717, 1.165) is 6.26 Å². The molecule has 0 saturated heterocycles. The second kappa shape index (κ2) is 4.55. The molecule has 1 unspecified atom stereocenters. The van der Waals surface area contributed by atoms with Crippen molar-refractivity contribution in [3.05, 3.63) is 35.9 Å². The summed E-state index contributed by atoms with van der Waals surface area (Å²) in [6.45, 7) is 0. The normalized spacial score (nSPS) is 13.5. The fourth-order valence-corrected chi connectivity index (χ4v) is 2.25. The number of hydrogen-bond donors (Lipinski definition) is 1. The number of nitrogens with one attached hydrogen (secondary N) is 1. The third kappa shape index (κ3) is 2.87. The van der Waals surface area contributed by atoms with Crippen molar-refractivity contribution in [3.63, 3.8) is 0 Å². The van der Waals surface area contributed by atoms with Gasteiger partial charge in [-0.05, 0) is 7.05 Å². The van der Waals surface area contributed by atoms with Crippen LogP contribution in [-0.2, 0) is 9.84 Å². The third-order valence-electron chi connectivity index (χ3n) is 1.99. The van der Waals surface area contributed by atoms with Crippen molar-refractivity contribution in [3.8, 4) is 0 Å². The van der Waals surface area contributed by atoms with Crippen LogP contribution in [0.15, 0.2) is 30.3 Å². The summed E-state index contributed by atoms with van der Waals surface area (Å²) in [4.78, 5) is 11.8. The summed E-state index contributed by atoms with van der Waals surface area (Å²) in [7, 11) is -1.97. The molecule has 1 aromatic rings. The highest BCUT2D eigenvalue weighted by Crippen LogP contribution is 2.07. The van der Waals surface area contributed by atoms with Crippen molar-refractivity contribution < 1.29 is 13.2 Å². The van der Waals surface area contributed by atoms with Gasteiger partial charge >= 0.3 is 0 Å². The Kier molecular flexibility index (Phi) is 3.60. The van der Waals surface area contributed by atoms with Gasteiger partial charge in [0.05, 0.1) is 0 Å². The molecule has 5 heteroatoms. The van der Waals surface area contributed by atoms with Crippen LogP contribution in [0.25, 0.3) is 0 Å². The molecule has 0 aliphatic carbocycles. The maximum absolute atomic E-state index is 11.8. The molecule has 0 saturated carbocycles. The number of rotatable bonds is 4. The summed E-state index contributed by atoms with van der Waals surface area (Å²) in [6, 6.07) is 8.35. The largest absolute Gasteiger partial charge is 0.298 e. The van der Waals surface area contributed by atoms with Gasteiger partial charge in [0.25, 0.3) is 0 Å². The second-order valence-corrected chi connectivity index (χ2v) is 5.36. The molecule has 1 aromatic carbocycles. The van der Waals surface area contributed by atoms with Gasteiger partial charge < -0.3 is 0 Å². The van der Waals surface area contributed by atoms with E-state index in [9.17, 15) is 13.2 Å².